The Morgan fingerprint density at radius 1 is 1.45 bits per heavy atom. The molecule has 20 heavy (non-hydrogen) atoms. The maximum absolute atomic E-state index is 11.0. The van der Waals surface area contributed by atoms with Crippen LogP contribution in [-0.2, 0) is 22.6 Å². The summed E-state index contributed by atoms with van der Waals surface area (Å²) in [6.07, 6.45) is -0.178. The number of hydrogen-bond donors (Lipinski definition) is 3. The molecule has 0 spiro atoms. The number of amides is 1. The Labute approximate surface area is 121 Å². The van der Waals surface area contributed by atoms with Crippen LogP contribution in [0, 0.1) is 0 Å². The van der Waals surface area contributed by atoms with Crippen LogP contribution >= 0.6 is 11.3 Å². The van der Waals surface area contributed by atoms with Crippen molar-refractivity contribution in [2.24, 2.45) is 0 Å². The molecule has 0 atom stereocenters. The SMILES string of the molecule is CCN(CCO)Cc1sc(NC(C)=O)nc1CC(=O)O. The molecule has 0 fully saturated rings. The van der Waals surface area contributed by atoms with Gasteiger partial charge in [-0.05, 0) is 6.54 Å². The van der Waals surface area contributed by atoms with E-state index in [0.717, 1.165) is 11.4 Å². The lowest BCUT2D eigenvalue weighted by atomic mass is 10.2. The Morgan fingerprint density at radius 2 is 2.15 bits per heavy atom. The summed E-state index contributed by atoms with van der Waals surface area (Å²) in [5.74, 6) is -1.20. The topological polar surface area (TPSA) is 103 Å². The molecule has 1 aromatic heterocycles. The molecule has 0 unspecified atom stereocenters. The minimum atomic E-state index is -0.962. The van der Waals surface area contributed by atoms with Gasteiger partial charge in [-0.3, -0.25) is 14.5 Å². The average molecular weight is 301 g/mol. The van der Waals surface area contributed by atoms with Crippen LogP contribution in [0.4, 0.5) is 5.13 Å². The number of carboxylic acids is 1. The highest BCUT2D eigenvalue weighted by Gasteiger charge is 2.16. The van der Waals surface area contributed by atoms with Gasteiger partial charge < -0.3 is 15.5 Å². The lowest BCUT2D eigenvalue weighted by Gasteiger charge is -2.18. The highest BCUT2D eigenvalue weighted by atomic mass is 32.1. The maximum atomic E-state index is 11.0. The fourth-order valence-electron chi connectivity index (χ4n) is 1.69. The molecule has 1 rings (SSSR count). The Morgan fingerprint density at radius 3 is 2.65 bits per heavy atom. The Balaban J connectivity index is 2.92. The van der Waals surface area contributed by atoms with E-state index in [9.17, 15) is 9.59 Å². The standard InChI is InChI=1S/C12H19N3O4S/c1-3-15(4-5-16)7-10-9(6-11(18)19)14-12(20-10)13-8(2)17/h16H,3-7H2,1-2H3,(H,18,19)(H,13,14,17). The number of nitrogens with zero attached hydrogens (tertiary/aromatic N) is 2. The van der Waals surface area contributed by atoms with Gasteiger partial charge in [0.1, 0.15) is 0 Å². The summed E-state index contributed by atoms with van der Waals surface area (Å²) in [6, 6.07) is 0. The zero-order valence-electron chi connectivity index (χ0n) is 11.5. The summed E-state index contributed by atoms with van der Waals surface area (Å²) in [7, 11) is 0. The van der Waals surface area contributed by atoms with Crippen molar-refractivity contribution in [2.45, 2.75) is 26.8 Å². The number of aliphatic carboxylic acids is 1. The lowest BCUT2D eigenvalue weighted by Crippen LogP contribution is -2.26. The minimum absolute atomic E-state index is 0.0411. The number of aromatic nitrogens is 1. The lowest BCUT2D eigenvalue weighted by molar-refractivity contribution is -0.136. The Bertz CT molecular complexity index is 475. The second-order valence-electron chi connectivity index (χ2n) is 4.23. The zero-order valence-corrected chi connectivity index (χ0v) is 12.4. The number of carbonyl (C=O) groups is 2. The van der Waals surface area contributed by atoms with E-state index in [1.54, 1.807) is 0 Å². The quantitative estimate of drug-likeness (QED) is 0.648. The molecule has 0 saturated carbocycles. The predicted octanol–water partition coefficient (Wildman–Crippen LogP) is 0.543. The number of hydrogen-bond acceptors (Lipinski definition) is 6. The molecule has 3 N–H and O–H groups in total. The second-order valence-corrected chi connectivity index (χ2v) is 5.32. The Hall–Kier alpha value is -1.51. The van der Waals surface area contributed by atoms with Crippen LogP contribution in [0.3, 0.4) is 0 Å². The number of carboxylic acid groups (broad SMARTS) is 1. The first-order valence-electron chi connectivity index (χ1n) is 6.27. The first-order valence-corrected chi connectivity index (χ1v) is 7.09. The highest BCUT2D eigenvalue weighted by Crippen LogP contribution is 2.25. The first kappa shape index (κ1) is 16.5. The van der Waals surface area contributed by atoms with E-state index >= 15 is 0 Å². The third-order valence-electron chi connectivity index (χ3n) is 2.61. The van der Waals surface area contributed by atoms with Crippen LogP contribution in [0.15, 0.2) is 0 Å². The summed E-state index contributed by atoms with van der Waals surface area (Å²) in [5, 5.41) is 20.9. The molecular weight excluding hydrogens is 282 g/mol. The van der Waals surface area contributed by atoms with Gasteiger partial charge in [0, 0.05) is 24.9 Å². The average Bonchev–Trinajstić information content (AvgIpc) is 2.68. The van der Waals surface area contributed by atoms with Crippen molar-refractivity contribution < 1.29 is 19.8 Å². The van der Waals surface area contributed by atoms with Gasteiger partial charge in [0.25, 0.3) is 0 Å². The summed E-state index contributed by atoms with van der Waals surface area (Å²) in [5.41, 5.74) is 0.461. The normalized spacial score (nSPS) is 10.8. The van der Waals surface area contributed by atoms with Gasteiger partial charge in [-0.25, -0.2) is 4.98 Å². The van der Waals surface area contributed by atoms with Gasteiger partial charge in [-0.2, -0.15) is 0 Å². The van der Waals surface area contributed by atoms with Crippen molar-refractivity contribution in [1.82, 2.24) is 9.88 Å². The van der Waals surface area contributed by atoms with Gasteiger partial charge in [-0.15, -0.1) is 11.3 Å². The van der Waals surface area contributed by atoms with Gasteiger partial charge in [0.05, 0.1) is 18.7 Å². The number of aliphatic hydroxyl groups excluding tert-OH is 1. The molecule has 0 aliphatic carbocycles. The van der Waals surface area contributed by atoms with E-state index in [1.807, 2.05) is 11.8 Å². The van der Waals surface area contributed by atoms with Crippen molar-refractivity contribution in [3.8, 4) is 0 Å². The van der Waals surface area contributed by atoms with E-state index < -0.39 is 5.97 Å². The molecule has 0 bridgehead atoms. The number of thiazole rings is 1. The molecule has 112 valence electrons. The number of carbonyl (C=O) groups excluding carboxylic acids is 1. The van der Waals surface area contributed by atoms with Gasteiger partial charge in [-0.1, -0.05) is 6.92 Å². The van der Waals surface area contributed by atoms with Gasteiger partial charge in [0.2, 0.25) is 5.91 Å². The van der Waals surface area contributed by atoms with E-state index in [2.05, 4.69) is 10.3 Å². The summed E-state index contributed by atoms with van der Waals surface area (Å²) < 4.78 is 0. The van der Waals surface area contributed by atoms with Crippen molar-refractivity contribution in [3.63, 3.8) is 0 Å². The number of rotatable bonds is 8. The fourth-order valence-corrected chi connectivity index (χ4v) is 2.75. The van der Waals surface area contributed by atoms with Crippen LogP contribution in [0.2, 0.25) is 0 Å². The first-order chi connectivity index (χ1) is 9.46. The van der Waals surface area contributed by atoms with E-state index in [1.165, 1.54) is 18.3 Å². The molecule has 1 aromatic rings. The van der Waals surface area contributed by atoms with Gasteiger partial charge >= 0.3 is 5.97 Å². The highest BCUT2D eigenvalue weighted by molar-refractivity contribution is 7.15. The van der Waals surface area contributed by atoms with Crippen LogP contribution < -0.4 is 5.32 Å². The molecule has 0 saturated heterocycles. The number of nitrogens with one attached hydrogen (secondary N) is 1. The molecule has 0 radical (unpaired) electrons. The Kier molecular flexibility index (Phi) is 6.56. The predicted molar refractivity (Wildman–Crippen MR) is 75.8 cm³/mol. The van der Waals surface area contributed by atoms with Gasteiger partial charge in [0.15, 0.2) is 5.13 Å². The molecule has 0 aliphatic rings. The molecule has 1 amide bonds. The number of anilines is 1. The summed E-state index contributed by atoms with van der Waals surface area (Å²) in [6.45, 7) is 5.14. The van der Waals surface area contributed by atoms with E-state index in [-0.39, 0.29) is 18.9 Å². The molecule has 7 nitrogen and oxygen atoms in total. The molecule has 1 heterocycles. The summed E-state index contributed by atoms with van der Waals surface area (Å²) >= 11 is 1.27. The number of likely N-dealkylation sites (N-methyl/N-ethyl adjacent to an activating group) is 1. The maximum Gasteiger partial charge on any atom is 0.309 e. The minimum Gasteiger partial charge on any atom is -0.481 e. The van der Waals surface area contributed by atoms with Crippen LogP contribution in [-0.4, -0.2) is 51.7 Å². The molecule has 0 aliphatic heterocycles. The molecule has 8 heteroatoms. The molecule has 0 aromatic carbocycles. The third-order valence-corrected chi connectivity index (χ3v) is 3.61. The zero-order chi connectivity index (χ0) is 15.1. The van der Waals surface area contributed by atoms with E-state index in [0.29, 0.717) is 23.9 Å². The van der Waals surface area contributed by atoms with Crippen molar-refractivity contribution in [3.05, 3.63) is 10.6 Å². The second kappa shape index (κ2) is 7.93. The largest absolute Gasteiger partial charge is 0.481 e. The van der Waals surface area contributed by atoms with Crippen molar-refractivity contribution in [2.75, 3.05) is 25.0 Å². The smallest absolute Gasteiger partial charge is 0.309 e. The number of aliphatic hydroxyl groups is 1. The fraction of sp³-hybridized carbons (Fsp3) is 0.583. The van der Waals surface area contributed by atoms with Crippen molar-refractivity contribution >= 4 is 28.3 Å². The van der Waals surface area contributed by atoms with Crippen molar-refractivity contribution in [1.29, 1.82) is 0 Å². The van der Waals surface area contributed by atoms with E-state index in [4.69, 9.17) is 10.2 Å². The van der Waals surface area contributed by atoms with Crippen LogP contribution in [0.5, 0.6) is 0 Å². The van der Waals surface area contributed by atoms with Crippen LogP contribution in [0.25, 0.3) is 0 Å². The van der Waals surface area contributed by atoms with Crippen LogP contribution in [0.1, 0.15) is 24.4 Å². The monoisotopic (exact) mass is 301 g/mol. The third kappa shape index (κ3) is 5.24. The molecular formula is C12H19N3O4S. The summed E-state index contributed by atoms with van der Waals surface area (Å²) in [4.78, 5) is 28.8.